The quantitative estimate of drug-likeness (QED) is 0.374. The van der Waals surface area contributed by atoms with E-state index in [1.54, 1.807) is 0 Å². The molecule has 0 N–H and O–H groups in total. The highest BCUT2D eigenvalue weighted by molar-refractivity contribution is 5.00. The number of hydrogen-bond acceptors (Lipinski definition) is 0. The van der Waals surface area contributed by atoms with Crippen LogP contribution in [0.2, 0.25) is 0 Å². The molecule has 1 rings (SSSR count). The number of hydrogen-bond donors (Lipinski definition) is 0. The van der Waals surface area contributed by atoms with Crippen LogP contribution in [-0.4, -0.2) is 14.1 Å². The van der Waals surface area contributed by atoms with E-state index in [1.807, 2.05) is 14.1 Å². The van der Waals surface area contributed by atoms with Crippen LogP contribution in [0.4, 0.5) is 0 Å². The molecule has 0 bridgehead atoms. The van der Waals surface area contributed by atoms with E-state index in [1.165, 1.54) is 5.36 Å². The predicted molar refractivity (Wildman–Crippen MR) is 25.9 cm³/mol. The van der Waals surface area contributed by atoms with Gasteiger partial charge in [0.05, 0.1) is 0 Å². The first-order chi connectivity index (χ1) is 2.80. The molecule has 0 spiro atoms. The minimum absolute atomic E-state index is 1.34. The Kier molecular flexibility index (Phi) is 0.560. The Balaban J connectivity index is 3.02. The van der Waals surface area contributed by atoms with Crippen molar-refractivity contribution in [2.24, 2.45) is 0 Å². The van der Waals surface area contributed by atoms with Crippen LogP contribution >= 0.6 is 0 Å². The monoisotopic (exact) mass is 82.1 g/mol. The summed E-state index contributed by atoms with van der Waals surface area (Å²) in [4.78, 5) is 0. The zero-order valence-electron chi connectivity index (χ0n) is 4.10. The van der Waals surface area contributed by atoms with Gasteiger partial charge in [0, 0.05) is 12.1 Å². The van der Waals surface area contributed by atoms with E-state index in [0.717, 1.165) is 0 Å². The van der Waals surface area contributed by atoms with Crippen LogP contribution < -0.4 is 9.93 Å². The van der Waals surface area contributed by atoms with E-state index in [9.17, 15) is 0 Å². The molecule has 0 saturated heterocycles. The Morgan fingerprint density at radius 2 is 1.83 bits per heavy atom. The molecule has 0 aromatic heterocycles. The van der Waals surface area contributed by atoms with Gasteiger partial charge in [0.25, 0.3) is 0 Å². The molecule has 0 heterocycles. The molecular weight excluding hydrogens is 74.1 g/mol. The fraction of sp³-hybridized carbons (Fsp3) is 0.400. The fourth-order valence-electron chi connectivity index (χ4n) is 0.335. The van der Waals surface area contributed by atoms with Crippen molar-refractivity contribution in [2.45, 2.75) is 0 Å². The number of nitrogens with zero attached hydrogens (tertiary/aromatic N) is 1. The van der Waals surface area contributed by atoms with E-state index in [0.29, 0.717) is 0 Å². The van der Waals surface area contributed by atoms with Gasteiger partial charge in [-0.25, -0.2) is 4.58 Å². The maximum atomic E-state index is 2.08. The molecule has 1 aromatic rings. The summed E-state index contributed by atoms with van der Waals surface area (Å²) in [5, 5.41) is 1.34. The highest BCUT2D eigenvalue weighted by Crippen LogP contribution is 1.65. The van der Waals surface area contributed by atoms with Gasteiger partial charge in [0.15, 0.2) is 5.36 Å². The molecule has 0 atom stereocenters. The molecule has 0 aliphatic carbocycles. The molecule has 0 radical (unpaired) electrons. The molecule has 1 nitrogen and oxygen atoms in total. The summed E-state index contributed by atoms with van der Waals surface area (Å²) in [6.45, 7) is 0. The minimum Gasteiger partial charge on any atom is -0.235 e. The summed E-state index contributed by atoms with van der Waals surface area (Å²) in [5.41, 5.74) is 0. The van der Waals surface area contributed by atoms with Crippen LogP contribution in [0.25, 0.3) is 0 Å². The third kappa shape index (κ3) is 0.482. The van der Waals surface area contributed by atoms with Crippen molar-refractivity contribution in [3.63, 3.8) is 0 Å². The molecule has 0 amide bonds. The Hall–Kier alpha value is -0.590. The highest BCUT2D eigenvalue weighted by Gasteiger charge is 1.92. The Labute approximate surface area is 37.2 Å². The highest BCUT2D eigenvalue weighted by atomic mass is 14.9. The van der Waals surface area contributed by atoms with Crippen molar-refractivity contribution in [3.8, 4) is 0 Å². The van der Waals surface area contributed by atoms with Crippen LogP contribution in [0, 0.1) is 0 Å². The van der Waals surface area contributed by atoms with Gasteiger partial charge in [-0.3, -0.25) is 0 Å². The van der Waals surface area contributed by atoms with E-state index in [2.05, 4.69) is 16.7 Å². The maximum Gasteiger partial charge on any atom is 0.199 e. The van der Waals surface area contributed by atoms with Gasteiger partial charge < -0.3 is 0 Å². The molecular formula is C5H8N+. The van der Waals surface area contributed by atoms with Crippen molar-refractivity contribution in [1.82, 2.24) is 4.58 Å². The lowest BCUT2D eigenvalue weighted by atomic mass is 10.9. The average molecular weight is 82.1 g/mol. The zero-order valence-corrected chi connectivity index (χ0v) is 4.10. The van der Waals surface area contributed by atoms with Gasteiger partial charge in [-0.1, -0.05) is 0 Å². The first-order valence-corrected chi connectivity index (χ1v) is 2.03. The van der Waals surface area contributed by atoms with Crippen LogP contribution in [0.3, 0.4) is 0 Å². The SMILES string of the molecule is C[N+](C)=c1cc1. The standard InChI is InChI=1S/C5H8N/c1-6(2)5-3-4-5/h3-4H,1-2H3/q+1. The second-order valence-electron chi connectivity index (χ2n) is 1.65. The van der Waals surface area contributed by atoms with Crippen molar-refractivity contribution in [3.05, 3.63) is 17.5 Å². The van der Waals surface area contributed by atoms with E-state index < -0.39 is 0 Å². The van der Waals surface area contributed by atoms with Gasteiger partial charge in [0.2, 0.25) is 0 Å². The van der Waals surface area contributed by atoms with Gasteiger partial charge in [0.1, 0.15) is 14.1 Å². The normalized spacial score (nSPS) is 9.67. The topological polar surface area (TPSA) is 3.01 Å². The largest absolute Gasteiger partial charge is 0.235 e. The van der Waals surface area contributed by atoms with Gasteiger partial charge >= 0.3 is 0 Å². The maximum absolute atomic E-state index is 2.08. The molecule has 0 fully saturated rings. The molecule has 0 aliphatic heterocycles. The second kappa shape index (κ2) is 0.934. The molecule has 32 valence electrons. The van der Waals surface area contributed by atoms with Crippen LogP contribution in [0.15, 0.2) is 12.1 Å². The first kappa shape index (κ1) is 3.59. The Morgan fingerprint density at radius 3 is 1.83 bits per heavy atom. The smallest absolute Gasteiger partial charge is 0.199 e. The molecule has 6 heavy (non-hydrogen) atoms. The lowest BCUT2D eigenvalue weighted by Crippen LogP contribution is -2.11. The minimum atomic E-state index is 1.34. The van der Waals surface area contributed by atoms with Crippen LogP contribution in [0.1, 0.15) is 0 Å². The molecule has 0 unspecified atom stereocenters. The number of rotatable bonds is 0. The van der Waals surface area contributed by atoms with Gasteiger partial charge in [-0.05, 0) is 0 Å². The third-order valence-corrected chi connectivity index (χ3v) is 0.832. The Morgan fingerprint density at radius 1 is 1.33 bits per heavy atom. The third-order valence-electron chi connectivity index (χ3n) is 0.832. The van der Waals surface area contributed by atoms with Gasteiger partial charge in [-0.2, -0.15) is 0 Å². The lowest BCUT2D eigenvalue weighted by molar-refractivity contribution is 0.832. The average Bonchev–Trinajstić information content (AvgIpc) is 2.06. The van der Waals surface area contributed by atoms with E-state index in [4.69, 9.17) is 0 Å². The van der Waals surface area contributed by atoms with Crippen LogP contribution in [-0.2, 0) is 0 Å². The fourth-order valence-corrected chi connectivity index (χ4v) is 0.335. The van der Waals surface area contributed by atoms with E-state index in [-0.39, 0.29) is 0 Å². The lowest BCUT2D eigenvalue weighted by Gasteiger charge is -1.69. The van der Waals surface area contributed by atoms with Crippen molar-refractivity contribution in [1.29, 1.82) is 0 Å². The zero-order chi connectivity index (χ0) is 4.57. The summed E-state index contributed by atoms with van der Waals surface area (Å²) in [7, 11) is 4.07. The summed E-state index contributed by atoms with van der Waals surface area (Å²) in [6, 6.07) is 4.17. The van der Waals surface area contributed by atoms with Crippen molar-refractivity contribution in [2.75, 3.05) is 14.1 Å². The van der Waals surface area contributed by atoms with Crippen molar-refractivity contribution < 1.29 is 0 Å². The summed E-state index contributed by atoms with van der Waals surface area (Å²) in [6.07, 6.45) is 0. The van der Waals surface area contributed by atoms with Gasteiger partial charge in [-0.15, -0.1) is 0 Å². The summed E-state index contributed by atoms with van der Waals surface area (Å²) in [5.74, 6) is 0. The molecule has 1 heteroatoms. The Bertz CT molecular complexity index is 140. The first-order valence-electron chi connectivity index (χ1n) is 2.03. The van der Waals surface area contributed by atoms with E-state index >= 15 is 0 Å². The molecule has 0 saturated carbocycles. The predicted octanol–water partition coefficient (Wildman–Crippen LogP) is -0.406. The summed E-state index contributed by atoms with van der Waals surface area (Å²) >= 11 is 0. The van der Waals surface area contributed by atoms with Crippen molar-refractivity contribution >= 4 is 0 Å². The second-order valence-corrected chi connectivity index (χ2v) is 1.65. The molecule has 0 aliphatic rings. The molecule has 1 aromatic carbocycles. The van der Waals surface area contributed by atoms with Crippen LogP contribution in [0.5, 0.6) is 0 Å². The summed E-state index contributed by atoms with van der Waals surface area (Å²) < 4.78 is 2.08.